The quantitative estimate of drug-likeness (QED) is 0.678. The Morgan fingerprint density at radius 2 is 1.80 bits per heavy atom. The predicted molar refractivity (Wildman–Crippen MR) is 86.1 cm³/mol. The molecule has 128 valence electrons. The fraction of sp³-hybridized carbons (Fsp3) is 0.118. The lowest BCUT2D eigenvalue weighted by atomic mass is 10.0. The zero-order chi connectivity index (χ0) is 18.0. The molecule has 3 rings (SSSR count). The van der Waals surface area contributed by atoms with Crippen molar-refractivity contribution in [2.75, 3.05) is 0 Å². The van der Waals surface area contributed by atoms with Crippen LogP contribution in [0.15, 0.2) is 59.9 Å². The molecule has 25 heavy (non-hydrogen) atoms. The monoisotopic (exact) mass is 347 g/mol. The Balaban J connectivity index is 1.99. The standard InChI is InChI=1S/C17H12F3N3O2/c1-2-9-23-16(24)14-10-12(5-8-15(14)21-22-23)11-3-6-13(7-4-11)25-17(18,19)20/h2-8,10H,1,9H2. The van der Waals surface area contributed by atoms with Gasteiger partial charge in [-0.25, -0.2) is 4.68 Å². The van der Waals surface area contributed by atoms with Crippen LogP contribution in [0.5, 0.6) is 5.75 Å². The molecule has 0 unspecified atom stereocenters. The maximum atomic E-state index is 12.4. The Hall–Kier alpha value is -3.16. The first kappa shape index (κ1) is 16.7. The molecule has 1 heterocycles. The lowest BCUT2D eigenvalue weighted by Gasteiger charge is -2.09. The minimum Gasteiger partial charge on any atom is -0.406 e. The number of rotatable bonds is 4. The van der Waals surface area contributed by atoms with Crippen LogP contribution in [0.1, 0.15) is 0 Å². The van der Waals surface area contributed by atoms with Gasteiger partial charge in [0.2, 0.25) is 0 Å². The second-order valence-electron chi connectivity index (χ2n) is 5.17. The molecule has 2 aromatic carbocycles. The zero-order valence-electron chi connectivity index (χ0n) is 12.8. The predicted octanol–water partition coefficient (Wildman–Crippen LogP) is 3.54. The summed E-state index contributed by atoms with van der Waals surface area (Å²) in [4.78, 5) is 12.4. The van der Waals surface area contributed by atoms with E-state index in [0.717, 1.165) is 0 Å². The molecule has 0 amide bonds. The summed E-state index contributed by atoms with van der Waals surface area (Å²) < 4.78 is 41.6. The topological polar surface area (TPSA) is 57.0 Å². The first-order valence-electron chi connectivity index (χ1n) is 7.22. The van der Waals surface area contributed by atoms with Crippen LogP contribution < -0.4 is 10.3 Å². The number of fused-ring (bicyclic) bond motifs is 1. The molecular weight excluding hydrogens is 335 g/mol. The van der Waals surface area contributed by atoms with Gasteiger partial charge in [0.05, 0.1) is 11.9 Å². The fourth-order valence-corrected chi connectivity index (χ4v) is 2.35. The summed E-state index contributed by atoms with van der Waals surface area (Å²) in [6, 6.07) is 10.4. The largest absolute Gasteiger partial charge is 0.573 e. The van der Waals surface area contributed by atoms with Gasteiger partial charge in [-0.3, -0.25) is 4.79 Å². The highest BCUT2D eigenvalue weighted by Gasteiger charge is 2.30. The molecule has 0 aliphatic carbocycles. The SMILES string of the molecule is C=CCn1nnc2ccc(-c3ccc(OC(F)(F)F)cc3)cc2c1=O. The van der Waals surface area contributed by atoms with Crippen LogP contribution in [-0.4, -0.2) is 21.4 Å². The van der Waals surface area contributed by atoms with Crippen LogP contribution in [-0.2, 0) is 6.54 Å². The Bertz CT molecular complexity index is 979. The number of nitrogens with zero attached hydrogens (tertiary/aromatic N) is 3. The van der Waals surface area contributed by atoms with Gasteiger partial charge in [0.25, 0.3) is 5.56 Å². The smallest absolute Gasteiger partial charge is 0.406 e. The van der Waals surface area contributed by atoms with Crippen molar-refractivity contribution in [1.29, 1.82) is 0 Å². The van der Waals surface area contributed by atoms with E-state index in [1.54, 1.807) is 18.2 Å². The highest BCUT2D eigenvalue weighted by atomic mass is 19.4. The molecule has 0 N–H and O–H groups in total. The number of hydrogen-bond acceptors (Lipinski definition) is 4. The van der Waals surface area contributed by atoms with Crippen LogP contribution in [0.2, 0.25) is 0 Å². The number of aromatic nitrogens is 3. The van der Waals surface area contributed by atoms with Gasteiger partial charge in [0.15, 0.2) is 0 Å². The van der Waals surface area contributed by atoms with Crippen molar-refractivity contribution >= 4 is 10.9 Å². The number of halogens is 3. The summed E-state index contributed by atoms with van der Waals surface area (Å²) in [7, 11) is 0. The van der Waals surface area contributed by atoms with Gasteiger partial charge in [0, 0.05) is 0 Å². The number of hydrogen-bond donors (Lipinski definition) is 0. The van der Waals surface area contributed by atoms with Gasteiger partial charge in [-0.15, -0.1) is 24.8 Å². The summed E-state index contributed by atoms with van der Waals surface area (Å²) in [5, 5.41) is 8.14. The van der Waals surface area contributed by atoms with E-state index in [0.29, 0.717) is 22.0 Å². The van der Waals surface area contributed by atoms with Crippen molar-refractivity contribution in [3.63, 3.8) is 0 Å². The molecule has 0 spiro atoms. The molecule has 3 aromatic rings. The van der Waals surface area contributed by atoms with Gasteiger partial charge in [0.1, 0.15) is 11.3 Å². The van der Waals surface area contributed by atoms with Crippen molar-refractivity contribution in [3.8, 4) is 16.9 Å². The zero-order valence-corrected chi connectivity index (χ0v) is 12.8. The van der Waals surface area contributed by atoms with E-state index in [1.807, 2.05) is 0 Å². The molecule has 8 heteroatoms. The molecule has 0 atom stereocenters. The van der Waals surface area contributed by atoms with E-state index >= 15 is 0 Å². The van der Waals surface area contributed by atoms with E-state index in [-0.39, 0.29) is 17.9 Å². The van der Waals surface area contributed by atoms with Crippen LogP contribution in [0.25, 0.3) is 22.0 Å². The highest BCUT2D eigenvalue weighted by Crippen LogP contribution is 2.27. The molecule has 0 radical (unpaired) electrons. The first-order chi connectivity index (χ1) is 11.9. The summed E-state index contributed by atoms with van der Waals surface area (Å²) in [6.07, 6.45) is -3.20. The molecule has 1 aromatic heterocycles. The molecule has 0 aliphatic heterocycles. The van der Waals surface area contributed by atoms with E-state index in [9.17, 15) is 18.0 Å². The molecule has 0 aliphatic rings. The maximum absolute atomic E-state index is 12.4. The second-order valence-corrected chi connectivity index (χ2v) is 5.17. The van der Waals surface area contributed by atoms with Gasteiger partial charge >= 0.3 is 6.36 Å². The van der Waals surface area contributed by atoms with Crippen LogP contribution >= 0.6 is 0 Å². The number of ether oxygens (including phenoxy) is 1. The third kappa shape index (κ3) is 3.68. The van der Waals surface area contributed by atoms with Crippen molar-refractivity contribution in [2.45, 2.75) is 12.9 Å². The highest BCUT2D eigenvalue weighted by molar-refractivity contribution is 5.83. The number of allylic oxidation sites excluding steroid dienone is 1. The molecule has 0 saturated carbocycles. The van der Waals surface area contributed by atoms with Crippen molar-refractivity contribution < 1.29 is 17.9 Å². The van der Waals surface area contributed by atoms with Crippen molar-refractivity contribution in [2.24, 2.45) is 0 Å². The second kappa shape index (κ2) is 6.39. The van der Waals surface area contributed by atoms with Crippen LogP contribution in [0.3, 0.4) is 0 Å². The maximum Gasteiger partial charge on any atom is 0.573 e. The van der Waals surface area contributed by atoms with Crippen LogP contribution in [0, 0.1) is 0 Å². The van der Waals surface area contributed by atoms with Gasteiger partial charge < -0.3 is 4.74 Å². The molecule has 0 bridgehead atoms. The molecule has 0 fully saturated rings. The van der Waals surface area contributed by atoms with Crippen LogP contribution in [0.4, 0.5) is 13.2 Å². The lowest BCUT2D eigenvalue weighted by Crippen LogP contribution is -2.23. The lowest BCUT2D eigenvalue weighted by molar-refractivity contribution is -0.274. The molecular formula is C17H12F3N3O2. The van der Waals surface area contributed by atoms with Crippen molar-refractivity contribution in [1.82, 2.24) is 15.0 Å². The first-order valence-corrected chi connectivity index (χ1v) is 7.22. The Labute approximate surface area is 140 Å². The third-order valence-corrected chi connectivity index (χ3v) is 3.45. The normalized spacial score (nSPS) is 11.5. The summed E-state index contributed by atoms with van der Waals surface area (Å²) >= 11 is 0. The Morgan fingerprint density at radius 1 is 1.12 bits per heavy atom. The summed E-state index contributed by atoms with van der Waals surface area (Å²) in [6.45, 7) is 3.79. The average molecular weight is 347 g/mol. The minimum absolute atomic E-state index is 0.232. The van der Waals surface area contributed by atoms with Gasteiger partial charge in [-0.05, 0) is 35.4 Å². The number of alkyl halides is 3. The van der Waals surface area contributed by atoms with Gasteiger partial charge in [-0.2, -0.15) is 0 Å². The summed E-state index contributed by atoms with van der Waals surface area (Å²) in [5.41, 5.74) is 1.43. The Kier molecular flexibility index (Phi) is 4.26. The minimum atomic E-state index is -4.74. The van der Waals surface area contributed by atoms with Gasteiger partial charge in [-0.1, -0.05) is 29.5 Å². The third-order valence-electron chi connectivity index (χ3n) is 3.45. The number of benzene rings is 2. The van der Waals surface area contributed by atoms with Crippen molar-refractivity contribution in [3.05, 3.63) is 65.5 Å². The Morgan fingerprint density at radius 3 is 2.44 bits per heavy atom. The van der Waals surface area contributed by atoms with E-state index in [2.05, 4.69) is 21.6 Å². The molecule has 5 nitrogen and oxygen atoms in total. The average Bonchev–Trinajstić information content (AvgIpc) is 2.57. The van der Waals surface area contributed by atoms with E-state index in [4.69, 9.17) is 0 Å². The molecule has 0 saturated heterocycles. The fourth-order valence-electron chi connectivity index (χ4n) is 2.35. The van der Waals surface area contributed by atoms with E-state index < -0.39 is 6.36 Å². The van der Waals surface area contributed by atoms with E-state index in [1.165, 1.54) is 35.0 Å². The summed E-state index contributed by atoms with van der Waals surface area (Å²) in [5.74, 6) is -0.309.